The molecule has 0 radical (unpaired) electrons. The molecular formula is C20H29N3O4S2. The van der Waals surface area contributed by atoms with E-state index in [0.29, 0.717) is 39.3 Å². The second kappa shape index (κ2) is 8.00. The Balaban J connectivity index is 1.51. The van der Waals surface area contributed by atoms with E-state index in [4.69, 9.17) is 0 Å². The van der Waals surface area contributed by atoms with Crippen LogP contribution in [0.25, 0.3) is 0 Å². The van der Waals surface area contributed by atoms with Gasteiger partial charge in [-0.25, -0.2) is 8.42 Å². The lowest BCUT2D eigenvalue weighted by Gasteiger charge is -2.41. The fourth-order valence-electron chi connectivity index (χ4n) is 5.24. The van der Waals surface area contributed by atoms with Crippen molar-refractivity contribution in [1.82, 2.24) is 14.1 Å². The van der Waals surface area contributed by atoms with Crippen molar-refractivity contribution in [2.24, 2.45) is 11.3 Å². The molecule has 9 heteroatoms. The molecule has 2 saturated heterocycles. The number of carbonyl (C=O) groups excluding carboxylic acids is 2. The number of hydrogen-bond acceptors (Lipinski definition) is 5. The highest BCUT2D eigenvalue weighted by molar-refractivity contribution is 7.88. The lowest BCUT2D eigenvalue weighted by atomic mass is 9.67. The molecule has 0 bridgehead atoms. The van der Waals surface area contributed by atoms with Gasteiger partial charge in [0.15, 0.2) is 0 Å². The van der Waals surface area contributed by atoms with E-state index in [2.05, 4.69) is 0 Å². The van der Waals surface area contributed by atoms with E-state index in [9.17, 15) is 18.0 Å². The summed E-state index contributed by atoms with van der Waals surface area (Å²) in [5.74, 6) is -0.0554. The Morgan fingerprint density at radius 3 is 2.34 bits per heavy atom. The number of amides is 2. The fraction of sp³-hybridized carbons (Fsp3) is 0.700. The molecule has 1 aliphatic carbocycles. The lowest BCUT2D eigenvalue weighted by molar-refractivity contribution is -0.140. The maximum absolute atomic E-state index is 13.5. The molecule has 160 valence electrons. The first-order valence-electron chi connectivity index (χ1n) is 10.4. The van der Waals surface area contributed by atoms with Crippen LogP contribution >= 0.6 is 11.3 Å². The zero-order chi connectivity index (χ0) is 20.6. The summed E-state index contributed by atoms with van der Waals surface area (Å²) in [5, 5.41) is 1.91. The molecule has 7 nitrogen and oxygen atoms in total. The number of sulfonamides is 1. The van der Waals surface area contributed by atoms with E-state index < -0.39 is 10.0 Å². The molecule has 29 heavy (non-hydrogen) atoms. The van der Waals surface area contributed by atoms with Crippen LogP contribution in [0.5, 0.6) is 0 Å². The van der Waals surface area contributed by atoms with Gasteiger partial charge in [-0.15, -0.1) is 11.3 Å². The van der Waals surface area contributed by atoms with E-state index in [-0.39, 0.29) is 23.1 Å². The summed E-state index contributed by atoms with van der Waals surface area (Å²) in [4.78, 5) is 30.9. The topological polar surface area (TPSA) is 78.0 Å². The Labute approximate surface area is 176 Å². The van der Waals surface area contributed by atoms with Gasteiger partial charge in [0.25, 0.3) is 5.91 Å². The molecule has 3 aliphatic rings. The van der Waals surface area contributed by atoms with Crippen LogP contribution in [-0.4, -0.2) is 79.9 Å². The highest BCUT2D eigenvalue weighted by Crippen LogP contribution is 2.48. The SMILES string of the molecule is CS(=O)(=O)N1CCN(C(=O)C2CN(C(=O)c3cccs3)CC23CCCCC3)CC1. The first kappa shape index (κ1) is 20.8. The van der Waals surface area contributed by atoms with Crippen LogP contribution in [0.15, 0.2) is 17.5 Å². The smallest absolute Gasteiger partial charge is 0.263 e. The third-order valence-corrected chi connectivity index (χ3v) is 8.99. The van der Waals surface area contributed by atoms with Crippen LogP contribution in [0.2, 0.25) is 0 Å². The molecule has 1 aromatic heterocycles. The maximum atomic E-state index is 13.5. The number of hydrogen-bond donors (Lipinski definition) is 0. The molecular weight excluding hydrogens is 410 g/mol. The molecule has 0 aromatic carbocycles. The predicted molar refractivity (Wildman–Crippen MR) is 112 cm³/mol. The minimum absolute atomic E-state index is 0.0298. The van der Waals surface area contributed by atoms with Gasteiger partial charge in [-0.1, -0.05) is 25.3 Å². The number of rotatable bonds is 3. The van der Waals surface area contributed by atoms with Gasteiger partial charge in [0.05, 0.1) is 17.1 Å². The van der Waals surface area contributed by atoms with Gasteiger partial charge in [-0.05, 0) is 24.3 Å². The number of piperazine rings is 1. The van der Waals surface area contributed by atoms with E-state index >= 15 is 0 Å². The van der Waals surface area contributed by atoms with Crippen LogP contribution < -0.4 is 0 Å². The van der Waals surface area contributed by atoms with Crippen molar-refractivity contribution in [2.75, 3.05) is 45.5 Å². The lowest BCUT2D eigenvalue weighted by Crippen LogP contribution is -2.53. The standard InChI is InChI=1S/C20H29N3O4S2/c1-29(26,27)23-11-9-21(10-12-23)18(24)16-14-22(19(25)17-6-5-13-28-17)15-20(16)7-3-2-4-8-20/h5-6,13,16H,2-4,7-12,14-15H2,1H3. The zero-order valence-corrected chi connectivity index (χ0v) is 18.5. The third kappa shape index (κ3) is 4.09. The van der Waals surface area contributed by atoms with Crippen LogP contribution in [0.3, 0.4) is 0 Å². The van der Waals surface area contributed by atoms with Gasteiger partial charge >= 0.3 is 0 Å². The summed E-state index contributed by atoms with van der Waals surface area (Å²) in [7, 11) is -3.22. The van der Waals surface area contributed by atoms with Crippen molar-refractivity contribution in [3.8, 4) is 0 Å². The van der Waals surface area contributed by atoms with E-state index in [1.165, 1.54) is 28.3 Å². The van der Waals surface area contributed by atoms with Crippen LogP contribution in [0, 0.1) is 11.3 Å². The molecule has 4 rings (SSSR count). The minimum atomic E-state index is -3.22. The summed E-state index contributed by atoms with van der Waals surface area (Å²) in [6, 6.07) is 3.73. The van der Waals surface area contributed by atoms with Gasteiger partial charge in [0.1, 0.15) is 0 Å². The highest BCUT2D eigenvalue weighted by atomic mass is 32.2. The van der Waals surface area contributed by atoms with Crippen LogP contribution in [0.4, 0.5) is 0 Å². The van der Waals surface area contributed by atoms with Gasteiger partial charge in [0, 0.05) is 44.7 Å². The highest BCUT2D eigenvalue weighted by Gasteiger charge is 2.52. The Bertz CT molecular complexity index is 854. The molecule has 1 unspecified atom stereocenters. The van der Waals surface area contributed by atoms with Gasteiger partial charge in [0.2, 0.25) is 15.9 Å². The molecule has 3 heterocycles. The predicted octanol–water partition coefficient (Wildman–Crippen LogP) is 1.87. The van der Waals surface area contributed by atoms with Crippen LogP contribution in [0.1, 0.15) is 41.8 Å². The molecule has 0 N–H and O–H groups in total. The first-order valence-corrected chi connectivity index (χ1v) is 13.1. The minimum Gasteiger partial charge on any atom is -0.340 e. The van der Waals surface area contributed by atoms with Crippen molar-refractivity contribution >= 4 is 33.2 Å². The van der Waals surface area contributed by atoms with Crippen molar-refractivity contribution in [1.29, 1.82) is 0 Å². The van der Waals surface area contributed by atoms with E-state index in [0.717, 1.165) is 30.6 Å². The number of thiophene rings is 1. The molecule has 1 saturated carbocycles. The number of likely N-dealkylation sites (tertiary alicyclic amines) is 1. The molecule has 1 atom stereocenters. The van der Waals surface area contributed by atoms with Crippen molar-refractivity contribution in [2.45, 2.75) is 32.1 Å². The summed E-state index contributed by atoms with van der Waals surface area (Å²) >= 11 is 1.44. The Hall–Kier alpha value is -1.45. The fourth-order valence-corrected chi connectivity index (χ4v) is 6.76. The zero-order valence-electron chi connectivity index (χ0n) is 16.9. The van der Waals surface area contributed by atoms with Crippen LogP contribution in [-0.2, 0) is 14.8 Å². The normalized spacial score (nSPS) is 25.5. The van der Waals surface area contributed by atoms with E-state index in [1.54, 1.807) is 0 Å². The van der Waals surface area contributed by atoms with Gasteiger partial charge in [-0.2, -0.15) is 4.31 Å². The monoisotopic (exact) mass is 439 g/mol. The Morgan fingerprint density at radius 1 is 1.07 bits per heavy atom. The van der Waals surface area contributed by atoms with Crippen molar-refractivity contribution in [3.05, 3.63) is 22.4 Å². The largest absolute Gasteiger partial charge is 0.340 e. The molecule has 1 spiro atoms. The van der Waals surface area contributed by atoms with E-state index in [1.807, 2.05) is 27.3 Å². The molecule has 1 aromatic rings. The average molecular weight is 440 g/mol. The molecule has 2 amide bonds. The average Bonchev–Trinajstić information content (AvgIpc) is 3.36. The molecule has 3 fully saturated rings. The third-order valence-electron chi connectivity index (χ3n) is 6.83. The first-order chi connectivity index (χ1) is 13.8. The van der Waals surface area contributed by atoms with Crippen molar-refractivity contribution in [3.63, 3.8) is 0 Å². The second-order valence-corrected chi connectivity index (χ2v) is 11.6. The second-order valence-electron chi connectivity index (χ2n) is 8.63. The van der Waals surface area contributed by atoms with Gasteiger partial charge < -0.3 is 9.80 Å². The quantitative estimate of drug-likeness (QED) is 0.720. The summed E-state index contributed by atoms with van der Waals surface area (Å²) < 4.78 is 25.0. The summed E-state index contributed by atoms with van der Waals surface area (Å²) in [5.41, 5.74) is -0.129. The Kier molecular flexibility index (Phi) is 5.74. The number of nitrogens with zero attached hydrogens (tertiary/aromatic N) is 3. The maximum Gasteiger partial charge on any atom is 0.263 e. The Morgan fingerprint density at radius 2 is 1.76 bits per heavy atom. The number of carbonyl (C=O) groups is 2. The molecule has 2 aliphatic heterocycles. The van der Waals surface area contributed by atoms with Gasteiger partial charge in [-0.3, -0.25) is 9.59 Å². The summed E-state index contributed by atoms with van der Waals surface area (Å²) in [6.45, 7) is 2.68. The summed E-state index contributed by atoms with van der Waals surface area (Å²) in [6.07, 6.45) is 6.59. The van der Waals surface area contributed by atoms with Crippen molar-refractivity contribution < 1.29 is 18.0 Å².